The molecule has 4 aromatic carbocycles. The first-order valence-corrected chi connectivity index (χ1v) is 39.5. The molecule has 0 aromatic heterocycles. The summed E-state index contributed by atoms with van der Waals surface area (Å²) in [5.41, 5.74) is 15.2. The Morgan fingerprint density at radius 2 is 1.24 bits per heavy atom. The van der Waals surface area contributed by atoms with Gasteiger partial charge in [0, 0.05) is 0 Å². The van der Waals surface area contributed by atoms with E-state index in [4.69, 9.17) is 17.0 Å². The van der Waals surface area contributed by atoms with Crippen LogP contribution >= 0.6 is 17.0 Å². The first-order valence-electron chi connectivity index (χ1n) is 19.7. The van der Waals surface area contributed by atoms with Crippen LogP contribution in [-0.4, -0.2) is 14.0 Å². The summed E-state index contributed by atoms with van der Waals surface area (Å²) in [6.45, 7) is 19.2. The molecule has 267 valence electrons. The Balaban J connectivity index is 1.42. The predicted molar refractivity (Wildman–Crippen MR) is 230 cm³/mol. The van der Waals surface area contributed by atoms with E-state index in [0.29, 0.717) is 11.8 Å². The third kappa shape index (κ3) is 6.48. The predicted octanol–water partition coefficient (Wildman–Crippen LogP) is 14.2. The third-order valence-electron chi connectivity index (χ3n) is 12.9. The number of hydrogen-bond donors (Lipinski definition) is 0. The van der Waals surface area contributed by atoms with Gasteiger partial charge in [0.1, 0.15) is 0 Å². The van der Waals surface area contributed by atoms with Crippen LogP contribution in [-0.2, 0) is 15.6 Å². The van der Waals surface area contributed by atoms with Gasteiger partial charge in [0.2, 0.25) is 0 Å². The summed E-state index contributed by atoms with van der Waals surface area (Å²) in [4.78, 5) is 0. The van der Waals surface area contributed by atoms with Crippen molar-refractivity contribution < 1.29 is 15.6 Å². The number of hydrogen-bond acceptors (Lipinski definition) is 0. The standard InChI is InChI=1S/C24H27.C20H23Si.C2H7Si.2ClH.Zr/c1-17(2)18-11-13-20(14-12-18)23-10-6-9-21-15-22(16-24(21)23)19-7-4-3-5-8-19;1-5-15-13-17-7-6-8-19(20(17)14-15)16-9-11-18(12-10-16)21(2,3)4;1-3-2;;;/h6,9-17,19H,3-5,7-8H2,1-2H3;6-14H,5H2,1-4H3;3H,1-2H3;2*1H;/q;;;;;+2/p-2. The summed E-state index contributed by atoms with van der Waals surface area (Å²) in [6.07, 6.45) is 12.5. The van der Waals surface area contributed by atoms with Crippen LogP contribution in [0.25, 0.3) is 34.4 Å². The Bertz CT molecular complexity index is 1990. The molecule has 3 aliphatic rings. The van der Waals surface area contributed by atoms with E-state index >= 15 is 0 Å². The molecular weight excluding hydrogens is 771 g/mol. The molecule has 0 aliphatic heterocycles. The van der Waals surface area contributed by atoms with E-state index in [0.717, 1.165) is 6.42 Å². The zero-order chi connectivity index (χ0) is 36.3. The second kappa shape index (κ2) is 14.2. The molecule has 1 saturated carbocycles. The quantitative estimate of drug-likeness (QED) is 0.147. The average molecular weight is 828 g/mol. The van der Waals surface area contributed by atoms with E-state index < -0.39 is 29.6 Å². The Hall–Kier alpha value is -1.74. The third-order valence-corrected chi connectivity index (χ3v) is 66.7. The molecule has 7 rings (SSSR count). The Labute approximate surface area is 318 Å². The van der Waals surface area contributed by atoms with Gasteiger partial charge in [0.05, 0.1) is 0 Å². The van der Waals surface area contributed by atoms with Crippen LogP contribution in [0.5, 0.6) is 0 Å². The van der Waals surface area contributed by atoms with E-state index in [2.05, 4.69) is 151 Å². The van der Waals surface area contributed by atoms with Gasteiger partial charge in [0.25, 0.3) is 0 Å². The van der Waals surface area contributed by atoms with Gasteiger partial charge in [-0.25, -0.2) is 0 Å². The molecule has 3 aliphatic carbocycles. The zero-order valence-corrected chi connectivity index (χ0v) is 38.2. The summed E-state index contributed by atoms with van der Waals surface area (Å²) >= 11 is -4.88. The number of halogens is 2. The van der Waals surface area contributed by atoms with Gasteiger partial charge in [0.15, 0.2) is 0 Å². The van der Waals surface area contributed by atoms with Crippen molar-refractivity contribution in [3.8, 4) is 22.3 Å². The fourth-order valence-electron chi connectivity index (χ4n) is 9.79. The van der Waals surface area contributed by atoms with E-state index in [-0.39, 0.29) is 7.25 Å². The van der Waals surface area contributed by atoms with Gasteiger partial charge >= 0.3 is 321 Å². The minimum atomic E-state index is -4.88. The zero-order valence-electron chi connectivity index (χ0n) is 32.1. The molecule has 0 spiro atoms. The normalized spacial score (nSPS) is 20.2. The molecule has 0 amide bonds. The van der Waals surface area contributed by atoms with Crippen molar-refractivity contribution in [2.75, 3.05) is 0 Å². The van der Waals surface area contributed by atoms with Gasteiger partial charge in [-0.05, 0) is 0 Å². The number of benzene rings is 4. The monoisotopic (exact) mass is 825 g/mol. The van der Waals surface area contributed by atoms with E-state index in [1.165, 1.54) is 92.9 Å². The van der Waals surface area contributed by atoms with E-state index in [1.807, 2.05) is 0 Å². The molecule has 5 heteroatoms. The van der Waals surface area contributed by atoms with Crippen molar-refractivity contribution in [3.05, 3.63) is 124 Å². The van der Waals surface area contributed by atoms with Crippen LogP contribution < -0.4 is 5.19 Å². The van der Waals surface area contributed by atoms with Crippen molar-refractivity contribution >= 4 is 48.4 Å². The number of fused-ring (bicyclic) bond motifs is 2. The van der Waals surface area contributed by atoms with Crippen LogP contribution in [0.3, 0.4) is 0 Å². The molecule has 0 bridgehead atoms. The fourth-order valence-corrected chi connectivity index (χ4v) is 42.4. The van der Waals surface area contributed by atoms with Crippen molar-refractivity contribution in [1.29, 1.82) is 0 Å². The van der Waals surface area contributed by atoms with Crippen LogP contribution in [0, 0.1) is 5.92 Å². The van der Waals surface area contributed by atoms with Crippen LogP contribution in [0.15, 0.2) is 96.1 Å². The molecule has 0 heterocycles. The van der Waals surface area contributed by atoms with Crippen molar-refractivity contribution in [2.45, 2.75) is 105 Å². The van der Waals surface area contributed by atoms with Crippen LogP contribution in [0.2, 0.25) is 32.7 Å². The topological polar surface area (TPSA) is 0 Å². The van der Waals surface area contributed by atoms with Gasteiger partial charge < -0.3 is 0 Å². The number of allylic oxidation sites excluding steroid dienone is 2. The molecule has 0 saturated heterocycles. The molecular formula is C46H57Cl2Si2Zr. The molecule has 0 nitrogen and oxygen atoms in total. The first-order chi connectivity index (χ1) is 24.2. The molecule has 4 aromatic rings. The second-order valence-corrected chi connectivity index (χ2v) is 65.1. The van der Waals surface area contributed by atoms with Crippen molar-refractivity contribution in [1.82, 2.24) is 0 Å². The van der Waals surface area contributed by atoms with Crippen molar-refractivity contribution in [2.24, 2.45) is 5.92 Å². The Kier molecular flexibility index (Phi) is 10.4. The van der Waals surface area contributed by atoms with Gasteiger partial charge in [-0.3, -0.25) is 0 Å². The summed E-state index contributed by atoms with van der Waals surface area (Å²) < 4.78 is 0.263. The number of rotatable bonds is 9. The Morgan fingerprint density at radius 3 is 1.75 bits per heavy atom. The summed E-state index contributed by atoms with van der Waals surface area (Å²) in [5, 5.41) is 1.50. The summed E-state index contributed by atoms with van der Waals surface area (Å²) in [7, 11) is 16.3. The fraction of sp³-hybridized carbons (Fsp3) is 0.391. The van der Waals surface area contributed by atoms with E-state index in [9.17, 15) is 0 Å². The van der Waals surface area contributed by atoms with Gasteiger partial charge in [-0.15, -0.1) is 0 Å². The SMILES string of the molecule is CCC1=Cc2c(-c3ccc([Si](C)(C)C)cc3)cccc2[CH]1[Zr]([Cl])([Cl])([CH]1C(C2CCCCC2)=Cc2c(-c3ccc(C(C)C)cc3)cccc21)[SiH](C)C. The summed E-state index contributed by atoms with van der Waals surface area (Å²) in [6, 6.07) is 32.8. The summed E-state index contributed by atoms with van der Waals surface area (Å²) in [5.74, 6) is -0.577. The Morgan fingerprint density at radius 1 is 0.706 bits per heavy atom. The maximum absolute atomic E-state index is 8.87. The van der Waals surface area contributed by atoms with Crippen LogP contribution in [0.4, 0.5) is 0 Å². The van der Waals surface area contributed by atoms with Crippen LogP contribution in [0.1, 0.15) is 100 Å². The molecule has 1 fully saturated rings. The van der Waals surface area contributed by atoms with E-state index in [1.54, 1.807) is 5.57 Å². The average Bonchev–Trinajstić information content (AvgIpc) is 3.72. The second-order valence-electron chi connectivity index (χ2n) is 17.5. The molecule has 2 atom stereocenters. The minimum absolute atomic E-state index is 0.125. The molecule has 51 heavy (non-hydrogen) atoms. The van der Waals surface area contributed by atoms with Gasteiger partial charge in [-0.1, -0.05) is 0 Å². The van der Waals surface area contributed by atoms with Gasteiger partial charge in [-0.2, -0.15) is 0 Å². The maximum atomic E-state index is 8.87. The first kappa shape index (κ1) is 37.6. The molecule has 2 unspecified atom stereocenters. The molecule has 0 radical (unpaired) electrons. The molecule has 0 N–H and O–H groups in total. The van der Waals surface area contributed by atoms with Crippen molar-refractivity contribution in [3.63, 3.8) is 0 Å².